The van der Waals surface area contributed by atoms with Gasteiger partial charge in [0.1, 0.15) is 12.6 Å². The van der Waals surface area contributed by atoms with Crippen LogP contribution in [0, 0.1) is 11.3 Å². The van der Waals surface area contributed by atoms with Crippen LogP contribution in [0.1, 0.15) is 49.1 Å². The van der Waals surface area contributed by atoms with Crippen LogP contribution in [0.3, 0.4) is 0 Å². The Balaban J connectivity index is 1.19. The van der Waals surface area contributed by atoms with Gasteiger partial charge in [-0.25, -0.2) is 9.59 Å². The van der Waals surface area contributed by atoms with Crippen molar-refractivity contribution < 1.29 is 24.2 Å². The minimum Gasteiger partial charge on any atom is -0.480 e. The van der Waals surface area contributed by atoms with Gasteiger partial charge in [-0.05, 0) is 53.9 Å². The van der Waals surface area contributed by atoms with E-state index in [1.54, 1.807) is 0 Å². The summed E-state index contributed by atoms with van der Waals surface area (Å²) in [6, 6.07) is 15.4. The summed E-state index contributed by atoms with van der Waals surface area (Å²) in [5.41, 5.74) is 3.85. The smallest absolute Gasteiger partial charge is 0.407 e. The second kappa shape index (κ2) is 8.54. The minimum atomic E-state index is -0.996. The van der Waals surface area contributed by atoms with Crippen molar-refractivity contribution in [3.63, 3.8) is 0 Å². The normalized spacial score (nSPS) is 18.9. The second-order valence-corrected chi connectivity index (χ2v) is 9.44. The number of rotatable bonds is 8. The lowest BCUT2D eigenvalue weighted by atomic mass is 9.68. The number of carboxylic acids is 1. The van der Waals surface area contributed by atoms with Crippen LogP contribution in [0.25, 0.3) is 11.1 Å². The number of nitrogens with one attached hydrogen (secondary N) is 2. The van der Waals surface area contributed by atoms with E-state index in [0.29, 0.717) is 12.8 Å². The zero-order chi connectivity index (χ0) is 23.0. The SMILES string of the molecule is O=C(NCC1(C(=O)NC(C(=O)O)C2CC2)CCC1)OCC1c2ccccc2-c2ccccc21. The third-order valence-electron chi connectivity index (χ3n) is 7.35. The highest BCUT2D eigenvalue weighted by Crippen LogP contribution is 2.45. The maximum Gasteiger partial charge on any atom is 0.407 e. The number of fused-ring (bicyclic) bond motifs is 3. The lowest BCUT2D eigenvalue weighted by molar-refractivity contribution is -0.146. The number of hydrogen-bond donors (Lipinski definition) is 3. The summed E-state index contributed by atoms with van der Waals surface area (Å²) in [5, 5.41) is 14.9. The molecule has 1 unspecified atom stereocenters. The number of aliphatic carboxylic acids is 1. The Morgan fingerprint density at radius 3 is 2.12 bits per heavy atom. The maximum absolute atomic E-state index is 12.9. The van der Waals surface area contributed by atoms with Crippen molar-refractivity contribution in [3.8, 4) is 11.1 Å². The highest BCUT2D eigenvalue weighted by atomic mass is 16.5. The summed E-state index contributed by atoms with van der Waals surface area (Å²) in [5.74, 6) is -1.30. The topological polar surface area (TPSA) is 105 Å². The van der Waals surface area contributed by atoms with E-state index in [0.717, 1.165) is 41.5 Å². The molecule has 0 aliphatic heterocycles. The Bertz CT molecular complexity index is 1040. The van der Waals surface area contributed by atoms with E-state index in [1.165, 1.54) is 0 Å². The second-order valence-electron chi connectivity index (χ2n) is 9.44. The lowest BCUT2D eigenvalue weighted by Crippen LogP contribution is -2.56. The van der Waals surface area contributed by atoms with E-state index in [-0.39, 0.29) is 30.9 Å². The number of alkyl carbamates (subject to hydrolysis) is 1. The molecule has 0 saturated heterocycles. The molecule has 7 heteroatoms. The third-order valence-corrected chi connectivity index (χ3v) is 7.35. The summed E-state index contributed by atoms with van der Waals surface area (Å²) in [4.78, 5) is 36.9. The van der Waals surface area contributed by atoms with E-state index in [2.05, 4.69) is 34.9 Å². The molecule has 33 heavy (non-hydrogen) atoms. The molecule has 2 amide bonds. The lowest BCUT2D eigenvalue weighted by Gasteiger charge is -2.40. The fourth-order valence-electron chi connectivity index (χ4n) is 5.08. The van der Waals surface area contributed by atoms with Gasteiger partial charge < -0.3 is 20.5 Å². The van der Waals surface area contributed by atoms with Crippen molar-refractivity contribution in [1.29, 1.82) is 0 Å². The van der Waals surface area contributed by atoms with Gasteiger partial charge in [-0.15, -0.1) is 0 Å². The highest BCUT2D eigenvalue weighted by molar-refractivity contribution is 5.89. The molecule has 172 valence electrons. The van der Waals surface area contributed by atoms with Gasteiger partial charge in [0.15, 0.2) is 0 Å². The Labute approximate surface area is 192 Å². The number of carboxylic acid groups (broad SMARTS) is 1. The summed E-state index contributed by atoms with van der Waals surface area (Å²) >= 11 is 0. The Hall–Kier alpha value is -3.35. The zero-order valence-corrected chi connectivity index (χ0v) is 18.4. The maximum atomic E-state index is 12.9. The van der Waals surface area contributed by atoms with Gasteiger partial charge in [-0.1, -0.05) is 55.0 Å². The molecule has 2 aromatic rings. The molecular weight excluding hydrogens is 420 g/mol. The van der Waals surface area contributed by atoms with Gasteiger partial charge >= 0.3 is 12.1 Å². The van der Waals surface area contributed by atoms with Crippen molar-refractivity contribution in [1.82, 2.24) is 10.6 Å². The summed E-state index contributed by atoms with van der Waals surface area (Å²) < 4.78 is 5.58. The van der Waals surface area contributed by atoms with Crippen LogP contribution < -0.4 is 10.6 Å². The molecule has 2 saturated carbocycles. The van der Waals surface area contributed by atoms with Gasteiger partial charge in [0.2, 0.25) is 5.91 Å². The number of hydrogen-bond acceptors (Lipinski definition) is 4. The largest absolute Gasteiger partial charge is 0.480 e. The van der Waals surface area contributed by atoms with Crippen LogP contribution >= 0.6 is 0 Å². The van der Waals surface area contributed by atoms with Crippen LogP contribution in [0.5, 0.6) is 0 Å². The van der Waals surface area contributed by atoms with Crippen LogP contribution in [0.2, 0.25) is 0 Å². The number of carbonyl (C=O) groups excluding carboxylic acids is 2. The third kappa shape index (κ3) is 4.08. The van der Waals surface area contributed by atoms with E-state index < -0.39 is 23.5 Å². The Morgan fingerprint density at radius 1 is 1.00 bits per heavy atom. The highest BCUT2D eigenvalue weighted by Gasteiger charge is 2.47. The van der Waals surface area contributed by atoms with Crippen LogP contribution in [0.15, 0.2) is 48.5 Å². The van der Waals surface area contributed by atoms with Crippen LogP contribution in [-0.2, 0) is 14.3 Å². The molecule has 0 spiro atoms. The fraction of sp³-hybridized carbons (Fsp3) is 0.423. The molecule has 0 bridgehead atoms. The first kappa shape index (κ1) is 21.5. The number of ether oxygens (including phenoxy) is 1. The fourth-order valence-corrected chi connectivity index (χ4v) is 5.08. The average molecular weight is 449 g/mol. The van der Waals surface area contributed by atoms with Crippen LogP contribution in [-0.4, -0.2) is 42.3 Å². The van der Waals surface area contributed by atoms with Crippen molar-refractivity contribution >= 4 is 18.0 Å². The molecule has 0 aromatic heterocycles. The molecule has 3 N–H and O–H groups in total. The molecule has 2 aromatic carbocycles. The first-order valence-corrected chi connectivity index (χ1v) is 11.6. The van der Waals surface area contributed by atoms with Crippen molar-refractivity contribution in [2.45, 2.75) is 44.1 Å². The van der Waals surface area contributed by atoms with Crippen LogP contribution in [0.4, 0.5) is 4.79 Å². The summed E-state index contributed by atoms with van der Waals surface area (Å²) in [6.07, 6.45) is 3.21. The van der Waals surface area contributed by atoms with Crippen molar-refractivity contribution in [2.24, 2.45) is 11.3 Å². The van der Waals surface area contributed by atoms with Gasteiger partial charge in [0.05, 0.1) is 5.41 Å². The van der Waals surface area contributed by atoms with E-state index >= 15 is 0 Å². The minimum absolute atomic E-state index is 0.0127. The van der Waals surface area contributed by atoms with Gasteiger partial charge in [-0.3, -0.25) is 4.79 Å². The zero-order valence-electron chi connectivity index (χ0n) is 18.4. The van der Waals surface area contributed by atoms with E-state index in [4.69, 9.17) is 4.74 Å². The summed E-state index contributed by atoms with van der Waals surface area (Å²) in [7, 11) is 0. The molecule has 3 aliphatic rings. The van der Waals surface area contributed by atoms with E-state index in [1.807, 2.05) is 24.3 Å². The number of amides is 2. The first-order chi connectivity index (χ1) is 16.0. The first-order valence-electron chi connectivity index (χ1n) is 11.6. The average Bonchev–Trinajstić information content (AvgIpc) is 3.57. The number of benzene rings is 2. The molecule has 0 heterocycles. The molecule has 2 fully saturated rings. The molecule has 5 rings (SSSR count). The van der Waals surface area contributed by atoms with Crippen molar-refractivity contribution in [2.75, 3.05) is 13.2 Å². The molecule has 0 radical (unpaired) electrons. The van der Waals surface area contributed by atoms with Gasteiger partial charge in [0, 0.05) is 12.5 Å². The monoisotopic (exact) mass is 448 g/mol. The Kier molecular flexibility index (Phi) is 5.56. The predicted octanol–water partition coefficient (Wildman–Crippen LogP) is 3.67. The van der Waals surface area contributed by atoms with Gasteiger partial charge in [-0.2, -0.15) is 0 Å². The number of carbonyl (C=O) groups is 3. The van der Waals surface area contributed by atoms with Crippen molar-refractivity contribution in [3.05, 3.63) is 59.7 Å². The predicted molar refractivity (Wildman–Crippen MR) is 122 cm³/mol. The molecule has 7 nitrogen and oxygen atoms in total. The molecule has 1 atom stereocenters. The molecule has 3 aliphatic carbocycles. The Morgan fingerprint density at radius 2 is 1.61 bits per heavy atom. The molecular formula is C26H28N2O5. The van der Waals surface area contributed by atoms with E-state index in [9.17, 15) is 19.5 Å². The summed E-state index contributed by atoms with van der Waals surface area (Å²) in [6.45, 7) is 0.355. The van der Waals surface area contributed by atoms with Gasteiger partial charge in [0.25, 0.3) is 0 Å². The quantitative estimate of drug-likeness (QED) is 0.572. The standard InChI is InChI=1S/C26H28N2O5/c29-23(30)22(16-10-11-16)28-24(31)26(12-5-13-26)15-27-25(32)33-14-21-19-8-3-1-6-17(19)18-7-2-4-9-20(18)21/h1-4,6-9,16,21-22H,5,10-15H2,(H,27,32)(H,28,31)(H,29,30).